The summed E-state index contributed by atoms with van der Waals surface area (Å²) in [7, 11) is 2.13. The van der Waals surface area contributed by atoms with E-state index >= 15 is 0 Å². The van der Waals surface area contributed by atoms with Gasteiger partial charge in [-0.2, -0.15) is 5.10 Å². The van der Waals surface area contributed by atoms with E-state index in [1.54, 1.807) is 0 Å². The fraction of sp³-hybridized carbons (Fsp3) is 0.538. The van der Waals surface area contributed by atoms with Crippen LogP contribution in [0.4, 0.5) is 0 Å². The lowest BCUT2D eigenvalue weighted by Gasteiger charge is -2.35. The minimum absolute atomic E-state index is 0.301. The normalized spacial score (nSPS) is 25.7. The van der Waals surface area contributed by atoms with Crippen LogP contribution in [0.5, 0.6) is 0 Å². The average molecular weight is 245 g/mol. The zero-order valence-electron chi connectivity index (χ0n) is 10.9. The van der Waals surface area contributed by atoms with Gasteiger partial charge in [-0.05, 0) is 26.8 Å². The maximum absolute atomic E-state index is 5.98. The highest BCUT2D eigenvalue weighted by molar-refractivity contribution is 5.45. The number of aromatic nitrogens is 3. The van der Waals surface area contributed by atoms with Gasteiger partial charge in [0.2, 0.25) is 0 Å². The zero-order valence-corrected chi connectivity index (χ0v) is 10.9. The molecule has 3 heterocycles. The SMILES string of the molecule is Cc1cnn2cc(C3CCC(N)CN3C)cnc12. The van der Waals surface area contributed by atoms with E-state index in [-0.39, 0.29) is 0 Å². The molecule has 0 radical (unpaired) electrons. The Morgan fingerprint density at radius 3 is 2.94 bits per heavy atom. The van der Waals surface area contributed by atoms with E-state index in [4.69, 9.17) is 5.73 Å². The van der Waals surface area contributed by atoms with E-state index in [9.17, 15) is 0 Å². The van der Waals surface area contributed by atoms with E-state index in [1.165, 1.54) is 5.56 Å². The van der Waals surface area contributed by atoms with Crippen LogP contribution < -0.4 is 5.73 Å². The first-order valence-corrected chi connectivity index (χ1v) is 6.41. The maximum atomic E-state index is 5.98. The highest BCUT2D eigenvalue weighted by atomic mass is 15.2. The largest absolute Gasteiger partial charge is 0.327 e. The van der Waals surface area contributed by atoms with E-state index < -0.39 is 0 Å². The smallest absolute Gasteiger partial charge is 0.157 e. The van der Waals surface area contributed by atoms with Crippen molar-refractivity contribution in [3.8, 4) is 0 Å². The summed E-state index contributed by atoms with van der Waals surface area (Å²) in [5.41, 5.74) is 9.26. The molecule has 0 bridgehead atoms. The van der Waals surface area contributed by atoms with Gasteiger partial charge in [0, 0.05) is 42.1 Å². The Bertz CT molecular complexity index is 562. The summed E-state index contributed by atoms with van der Waals surface area (Å²) in [4.78, 5) is 6.82. The fourth-order valence-corrected chi connectivity index (χ4v) is 2.78. The molecule has 5 nitrogen and oxygen atoms in total. The van der Waals surface area contributed by atoms with Gasteiger partial charge in [0.15, 0.2) is 5.65 Å². The van der Waals surface area contributed by atoms with Crippen molar-refractivity contribution in [1.29, 1.82) is 0 Å². The first kappa shape index (κ1) is 11.6. The molecular formula is C13H19N5. The van der Waals surface area contributed by atoms with Crippen LogP contribution in [0.3, 0.4) is 0 Å². The molecule has 2 N–H and O–H groups in total. The number of piperidine rings is 1. The molecule has 0 aromatic carbocycles. The van der Waals surface area contributed by atoms with Crippen LogP contribution in [0.15, 0.2) is 18.6 Å². The molecule has 0 aliphatic carbocycles. The van der Waals surface area contributed by atoms with Gasteiger partial charge in [0.25, 0.3) is 0 Å². The summed E-state index contributed by atoms with van der Waals surface area (Å²) in [5, 5.41) is 4.32. The van der Waals surface area contributed by atoms with Crippen molar-refractivity contribution in [2.24, 2.45) is 5.73 Å². The molecule has 1 saturated heterocycles. The molecule has 18 heavy (non-hydrogen) atoms. The Kier molecular flexibility index (Phi) is 2.80. The molecule has 0 amide bonds. The number of likely N-dealkylation sites (N-methyl/N-ethyl adjacent to an activating group) is 1. The number of aryl methyl sites for hydroxylation is 1. The van der Waals surface area contributed by atoms with Gasteiger partial charge in [-0.1, -0.05) is 0 Å². The molecule has 2 unspecified atom stereocenters. The van der Waals surface area contributed by atoms with Crippen LogP contribution in [-0.4, -0.2) is 39.1 Å². The van der Waals surface area contributed by atoms with Crippen LogP contribution in [-0.2, 0) is 0 Å². The molecule has 5 heteroatoms. The second kappa shape index (κ2) is 4.33. The lowest BCUT2D eigenvalue weighted by Crippen LogP contribution is -2.42. The number of fused-ring (bicyclic) bond motifs is 1. The predicted octanol–water partition coefficient (Wildman–Crippen LogP) is 1.13. The van der Waals surface area contributed by atoms with Crippen LogP contribution in [0, 0.1) is 6.92 Å². The molecular weight excluding hydrogens is 226 g/mol. The number of likely N-dealkylation sites (tertiary alicyclic amines) is 1. The Hall–Kier alpha value is -1.46. The average Bonchev–Trinajstić information content (AvgIpc) is 2.71. The Morgan fingerprint density at radius 1 is 1.33 bits per heavy atom. The topological polar surface area (TPSA) is 59.5 Å². The van der Waals surface area contributed by atoms with Crippen LogP contribution in [0.1, 0.15) is 30.0 Å². The molecule has 1 aliphatic rings. The maximum Gasteiger partial charge on any atom is 0.157 e. The van der Waals surface area contributed by atoms with Gasteiger partial charge in [-0.3, -0.25) is 4.90 Å². The summed E-state index contributed by atoms with van der Waals surface area (Å²) >= 11 is 0. The van der Waals surface area contributed by atoms with E-state index in [0.717, 1.165) is 30.6 Å². The predicted molar refractivity (Wildman–Crippen MR) is 70.3 cm³/mol. The summed E-state index contributed by atoms with van der Waals surface area (Å²) in [6, 6.07) is 0.709. The number of hydrogen-bond donors (Lipinski definition) is 1. The van der Waals surface area contributed by atoms with Gasteiger partial charge >= 0.3 is 0 Å². The molecule has 1 fully saturated rings. The molecule has 1 aliphatic heterocycles. The summed E-state index contributed by atoms with van der Waals surface area (Å²) in [5.74, 6) is 0. The molecule has 3 rings (SSSR count). The van der Waals surface area contributed by atoms with E-state index in [0.29, 0.717) is 12.1 Å². The molecule has 0 saturated carbocycles. The van der Waals surface area contributed by atoms with Crippen LogP contribution in [0.2, 0.25) is 0 Å². The third-order valence-electron chi connectivity index (χ3n) is 3.80. The first-order chi connectivity index (χ1) is 8.65. The van der Waals surface area contributed by atoms with E-state index in [2.05, 4.69) is 28.2 Å². The number of rotatable bonds is 1. The van der Waals surface area contributed by atoms with Crippen molar-refractivity contribution in [2.45, 2.75) is 31.8 Å². The minimum Gasteiger partial charge on any atom is -0.327 e. The Morgan fingerprint density at radius 2 is 2.17 bits per heavy atom. The molecule has 96 valence electrons. The van der Waals surface area contributed by atoms with Gasteiger partial charge in [-0.25, -0.2) is 9.50 Å². The summed E-state index contributed by atoms with van der Waals surface area (Å²) < 4.78 is 1.87. The zero-order chi connectivity index (χ0) is 12.7. The van der Waals surface area contributed by atoms with Gasteiger partial charge in [0.1, 0.15) is 0 Å². The van der Waals surface area contributed by atoms with Gasteiger partial charge in [0.05, 0.1) is 6.20 Å². The van der Waals surface area contributed by atoms with Crippen LogP contribution in [0.25, 0.3) is 5.65 Å². The highest BCUT2D eigenvalue weighted by Crippen LogP contribution is 2.28. The van der Waals surface area contributed by atoms with Crippen molar-refractivity contribution in [2.75, 3.05) is 13.6 Å². The van der Waals surface area contributed by atoms with Crippen molar-refractivity contribution in [3.05, 3.63) is 29.7 Å². The number of nitrogens with zero attached hydrogens (tertiary/aromatic N) is 4. The van der Waals surface area contributed by atoms with Crippen molar-refractivity contribution >= 4 is 5.65 Å². The van der Waals surface area contributed by atoms with Crippen molar-refractivity contribution in [3.63, 3.8) is 0 Å². The monoisotopic (exact) mass is 245 g/mol. The van der Waals surface area contributed by atoms with Gasteiger partial charge < -0.3 is 5.73 Å². The number of hydrogen-bond acceptors (Lipinski definition) is 4. The first-order valence-electron chi connectivity index (χ1n) is 6.41. The quantitative estimate of drug-likeness (QED) is 0.818. The second-order valence-corrected chi connectivity index (χ2v) is 5.28. The lowest BCUT2D eigenvalue weighted by molar-refractivity contribution is 0.169. The Balaban J connectivity index is 1.94. The highest BCUT2D eigenvalue weighted by Gasteiger charge is 2.25. The lowest BCUT2D eigenvalue weighted by atomic mass is 9.95. The molecule has 0 spiro atoms. The third kappa shape index (κ3) is 1.89. The Labute approximate surface area is 107 Å². The molecule has 2 aromatic rings. The molecule has 2 atom stereocenters. The van der Waals surface area contributed by atoms with Crippen LogP contribution >= 0.6 is 0 Å². The fourth-order valence-electron chi connectivity index (χ4n) is 2.78. The summed E-state index contributed by atoms with van der Waals surface area (Å²) in [6.07, 6.45) is 8.08. The van der Waals surface area contributed by atoms with Gasteiger partial charge in [-0.15, -0.1) is 0 Å². The van der Waals surface area contributed by atoms with E-state index in [1.807, 2.05) is 23.8 Å². The molecule has 2 aromatic heterocycles. The van der Waals surface area contributed by atoms with Crippen molar-refractivity contribution < 1.29 is 0 Å². The minimum atomic E-state index is 0.301. The standard InChI is InChI=1S/C13H19N5/c1-9-5-16-18-7-10(6-15-13(9)18)12-4-3-11(14)8-17(12)2/h5-7,11-12H,3-4,8,14H2,1-2H3. The second-order valence-electron chi connectivity index (χ2n) is 5.28. The third-order valence-corrected chi connectivity index (χ3v) is 3.80. The number of nitrogens with two attached hydrogens (primary N) is 1. The van der Waals surface area contributed by atoms with Crippen molar-refractivity contribution in [1.82, 2.24) is 19.5 Å². The summed E-state index contributed by atoms with van der Waals surface area (Å²) in [6.45, 7) is 2.97.